The van der Waals surface area contributed by atoms with Crippen molar-refractivity contribution in [3.63, 3.8) is 0 Å². The largest absolute Gasteiger partial charge is 0.483 e. The first-order valence-corrected chi connectivity index (χ1v) is 6.71. The van der Waals surface area contributed by atoms with Crippen LogP contribution < -0.4 is 10.1 Å². The lowest BCUT2D eigenvalue weighted by Crippen LogP contribution is -2.39. The summed E-state index contributed by atoms with van der Waals surface area (Å²) in [6.07, 6.45) is -0.863. The zero-order valence-electron chi connectivity index (χ0n) is 12.3. The lowest BCUT2D eigenvalue weighted by molar-refractivity contribution is -0.124. The molecule has 0 bridgehead atoms. The number of aliphatic hydroxyl groups excluding tert-OH is 1. The van der Waals surface area contributed by atoms with Gasteiger partial charge in [0.1, 0.15) is 11.6 Å². The number of ether oxygens (including phenoxy) is 1. The molecule has 0 aromatic heterocycles. The highest BCUT2D eigenvalue weighted by Crippen LogP contribution is 2.25. The van der Waals surface area contributed by atoms with Crippen molar-refractivity contribution in [2.45, 2.75) is 39.8 Å². The molecule has 5 heteroatoms. The van der Waals surface area contributed by atoms with Crippen LogP contribution in [-0.2, 0) is 4.79 Å². The fourth-order valence-electron chi connectivity index (χ4n) is 1.58. The number of carbonyl (C=O) groups excluding carboxylic acids is 1. The number of nitrogens with one attached hydrogen (secondary N) is 1. The van der Waals surface area contributed by atoms with Crippen molar-refractivity contribution >= 4 is 5.91 Å². The quantitative estimate of drug-likeness (QED) is 0.843. The highest BCUT2D eigenvalue weighted by molar-refractivity contribution is 5.77. The zero-order valence-corrected chi connectivity index (χ0v) is 12.3. The molecule has 1 unspecified atom stereocenters. The Morgan fingerprint density at radius 3 is 2.55 bits per heavy atom. The highest BCUT2D eigenvalue weighted by atomic mass is 19.1. The van der Waals surface area contributed by atoms with Crippen LogP contribution in [0, 0.1) is 11.7 Å². The summed E-state index contributed by atoms with van der Waals surface area (Å²) in [7, 11) is 0. The molecule has 1 amide bonds. The van der Waals surface area contributed by atoms with E-state index in [1.807, 2.05) is 20.8 Å². The van der Waals surface area contributed by atoms with Crippen LogP contribution >= 0.6 is 0 Å². The lowest BCUT2D eigenvalue weighted by atomic mass is 10.1. The molecule has 0 radical (unpaired) electrons. The van der Waals surface area contributed by atoms with E-state index < -0.39 is 11.9 Å². The second kappa shape index (κ2) is 7.24. The average molecular weight is 283 g/mol. The molecular formula is C15H22FNO3. The van der Waals surface area contributed by atoms with Crippen molar-refractivity contribution in [3.8, 4) is 5.75 Å². The lowest BCUT2D eigenvalue weighted by Gasteiger charge is -2.18. The van der Waals surface area contributed by atoms with Crippen molar-refractivity contribution in [2.75, 3.05) is 6.61 Å². The normalized spacial score (nSPS) is 13.9. The number of halogens is 1. The van der Waals surface area contributed by atoms with Crippen molar-refractivity contribution in [2.24, 2.45) is 5.92 Å². The maximum Gasteiger partial charge on any atom is 0.258 e. The van der Waals surface area contributed by atoms with Crippen molar-refractivity contribution in [3.05, 3.63) is 29.6 Å². The van der Waals surface area contributed by atoms with Crippen LogP contribution in [0.5, 0.6) is 5.75 Å². The van der Waals surface area contributed by atoms with Crippen molar-refractivity contribution in [1.29, 1.82) is 0 Å². The number of hydrogen-bond donors (Lipinski definition) is 2. The number of hydrogen-bond acceptors (Lipinski definition) is 3. The van der Waals surface area contributed by atoms with Gasteiger partial charge in [-0.3, -0.25) is 4.79 Å². The summed E-state index contributed by atoms with van der Waals surface area (Å²) in [4.78, 5) is 11.7. The Hall–Kier alpha value is -1.62. The minimum atomic E-state index is -0.863. The maximum atomic E-state index is 13.1. The smallest absolute Gasteiger partial charge is 0.258 e. The SMILES string of the molecule is CC(C)C(C)NC(=O)COc1ccc(F)cc1[C@@H](C)O. The van der Waals surface area contributed by atoms with Crippen molar-refractivity contribution < 1.29 is 19.0 Å². The Kier molecular flexibility index (Phi) is 5.95. The molecule has 0 saturated carbocycles. The highest BCUT2D eigenvalue weighted by Gasteiger charge is 2.14. The molecule has 2 atom stereocenters. The molecule has 0 aliphatic carbocycles. The van der Waals surface area contributed by atoms with Crippen LogP contribution in [0.3, 0.4) is 0 Å². The van der Waals surface area contributed by atoms with E-state index in [9.17, 15) is 14.3 Å². The third-order valence-corrected chi connectivity index (χ3v) is 3.17. The fraction of sp³-hybridized carbons (Fsp3) is 0.533. The number of rotatable bonds is 6. The first-order valence-electron chi connectivity index (χ1n) is 6.71. The minimum absolute atomic E-state index is 0.0514. The van der Waals surface area contributed by atoms with E-state index in [0.717, 1.165) is 0 Å². The molecule has 112 valence electrons. The van der Waals surface area contributed by atoms with Crippen LogP contribution in [0.4, 0.5) is 4.39 Å². The Balaban J connectivity index is 2.64. The van der Waals surface area contributed by atoms with Crippen LogP contribution in [0.2, 0.25) is 0 Å². The zero-order chi connectivity index (χ0) is 15.3. The van der Waals surface area contributed by atoms with Gasteiger partial charge < -0.3 is 15.2 Å². The predicted octanol–water partition coefficient (Wildman–Crippen LogP) is 2.42. The van der Waals surface area contributed by atoms with Crippen LogP contribution in [0.1, 0.15) is 39.4 Å². The fourth-order valence-corrected chi connectivity index (χ4v) is 1.58. The Labute approximate surface area is 119 Å². The number of aliphatic hydroxyl groups is 1. The van der Waals surface area contributed by atoms with Gasteiger partial charge in [-0.1, -0.05) is 13.8 Å². The van der Waals surface area contributed by atoms with E-state index in [1.54, 1.807) is 0 Å². The first kappa shape index (κ1) is 16.4. The predicted molar refractivity (Wildman–Crippen MR) is 75.0 cm³/mol. The van der Waals surface area contributed by atoms with Gasteiger partial charge in [0.2, 0.25) is 0 Å². The molecule has 0 heterocycles. The van der Waals surface area contributed by atoms with E-state index in [1.165, 1.54) is 25.1 Å². The number of benzene rings is 1. The Bertz CT molecular complexity index is 460. The summed E-state index contributed by atoms with van der Waals surface area (Å²) < 4.78 is 18.5. The molecule has 0 aliphatic rings. The van der Waals surface area contributed by atoms with E-state index in [4.69, 9.17) is 4.74 Å². The van der Waals surface area contributed by atoms with E-state index in [2.05, 4.69) is 5.32 Å². The maximum absolute atomic E-state index is 13.1. The van der Waals surface area contributed by atoms with E-state index >= 15 is 0 Å². The van der Waals surface area contributed by atoms with E-state index in [-0.39, 0.29) is 18.6 Å². The molecule has 2 N–H and O–H groups in total. The molecule has 1 aromatic carbocycles. The number of carbonyl (C=O) groups is 1. The van der Waals surface area contributed by atoms with Gasteiger partial charge in [-0.15, -0.1) is 0 Å². The van der Waals surface area contributed by atoms with Crippen LogP contribution in [0.15, 0.2) is 18.2 Å². The Morgan fingerprint density at radius 1 is 1.35 bits per heavy atom. The Morgan fingerprint density at radius 2 is 2.00 bits per heavy atom. The van der Waals surface area contributed by atoms with Crippen LogP contribution in [0.25, 0.3) is 0 Å². The third kappa shape index (κ3) is 4.81. The van der Waals surface area contributed by atoms with E-state index in [0.29, 0.717) is 17.2 Å². The molecule has 1 rings (SSSR count). The molecular weight excluding hydrogens is 261 g/mol. The van der Waals surface area contributed by atoms with Crippen LogP contribution in [-0.4, -0.2) is 23.7 Å². The van der Waals surface area contributed by atoms with Gasteiger partial charge in [-0.05, 0) is 38.0 Å². The van der Waals surface area contributed by atoms with Gasteiger partial charge in [0.05, 0.1) is 6.10 Å². The van der Waals surface area contributed by atoms with Gasteiger partial charge in [-0.25, -0.2) is 4.39 Å². The summed E-state index contributed by atoms with van der Waals surface area (Å²) >= 11 is 0. The van der Waals surface area contributed by atoms with Gasteiger partial charge in [0.25, 0.3) is 5.91 Å². The summed E-state index contributed by atoms with van der Waals surface area (Å²) in [6.45, 7) is 7.29. The third-order valence-electron chi connectivity index (χ3n) is 3.17. The standard InChI is InChI=1S/C15H22FNO3/c1-9(2)10(3)17-15(19)8-20-14-6-5-12(16)7-13(14)11(4)18/h5-7,9-11,18H,8H2,1-4H3,(H,17,19)/t10?,11-/m1/s1. The summed E-state index contributed by atoms with van der Waals surface area (Å²) in [6, 6.07) is 3.90. The van der Waals surface area contributed by atoms with Crippen molar-refractivity contribution in [1.82, 2.24) is 5.32 Å². The van der Waals surface area contributed by atoms with Gasteiger partial charge >= 0.3 is 0 Å². The molecule has 1 aromatic rings. The molecule has 4 nitrogen and oxygen atoms in total. The molecule has 0 fully saturated rings. The van der Waals surface area contributed by atoms with Gasteiger partial charge in [-0.2, -0.15) is 0 Å². The molecule has 20 heavy (non-hydrogen) atoms. The summed E-state index contributed by atoms with van der Waals surface area (Å²) in [5, 5.41) is 12.4. The average Bonchev–Trinajstić information content (AvgIpc) is 2.36. The summed E-state index contributed by atoms with van der Waals surface area (Å²) in [5.74, 6) is -0.0512. The molecule has 0 spiro atoms. The van der Waals surface area contributed by atoms with Gasteiger partial charge in [0.15, 0.2) is 6.61 Å². The minimum Gasteiger partial charge on any atom is -0.483 e. The first-order chi connectivity index (χ1) is 9.31. The van der Waals surface area contributed by atoms with Gasteiger partial charge in [0, 0.05) is 11.6 Å². The molecule has 0 saturated heterocycles. The topological polar surface area (TPSA) is 58.6 Å². The molecule has 0 aliphatic heterocycles. The monoisotopic (exact) mass is 283 g/mol. The second-order valence-electron chi connectivity index (χ2n) is 5.25. The summed E-state index contributed by atoms with van der Waals surface area (Å²) in [5.41, 5.74) is 0.328. The number of amides is 1. The second-order valence-corrected chi connectivity index (χ2v) is 5.25.